The summed E-state index contributed by atoms with van der Waals surface area (Å²) in [5.41, 5.74) is 0.357. The quantitative estimate of drug-likeness (QED) is 0.780. The minimum Gasteiger partial charge on any atom is -0.343 e. The standard InChI is InChI=1S/C17H17ClN2O2S/c1-2-9-20(12-13-6-5-10-23-13)16(21)11-19-17(22)14-7-3-4-8-15(14)18/h2-8,10H,1,9,11-12H2,(H,19,22). The maximum Gasteiger partial charge on any atom is 0.253 e. The third kappa shape index (κ3) is 4.94. The first-order valence-corrected chi connectivity index (χ1v) is 8.31. The van der Waals surface area contributed by atoms with Gasteiger partial charge in [0.2, 0.25) is 5.91 Å². The van der Waals surface area contributed by atoms with Crippen LogP contribution in [0.1, 0.15) is 15.2 Å². The second-order valence-corrected chi connectivity index (χ2v) is 6.24. The van der Waals surface area contributed by atoms with Crippen molar-refractivity contribution in [1.29, 1.82) is 0 Å². The number of carbonyl (C=O) groups is 2. The number of hydrogen-bond donors (Lipinski definition) is 1. The molecule has 0 aliphatic rings. The Kier molecular flexibility index (Phi) is 6.38. The van der Waals surface area contributed by atoms with Crippen LogP contribution in [0.2, 0.25) is 5.02 Å². The molecule has 2 aromatic rings. The lowest BCUT2D eigenvalue weighted by molar-refractivity contribution is -0.130. The molecule has 0 atom stereocenters. The number of carbonyl (C=O) groups excluding carboxylic acids is 2. The predicted molar refractivity (Wildman–Crippen MR) is 93.7 cm³/mol. The van der Waals surface area contributed by atoms with Crippen LogP contribution >= 0.6 is 22.9 Å². The number of rotatable bonds is 7. The molecule has 120 valence electrons. The monoisotopic (exact) mass is 348 g/mol. The number of nitrogens with zero attached hydrogens (tertiary/aromatic N) is 1. The Morgan fingerprint density at radius 2 is 2.04 bits per heavy atom. The lowest BCUT2D eigenvalue weighted by Gasteiger charge is -2.20. The number of thiophene rings is 1. The summed E-state index contributed by atoms with van der Waals surface area (Å²) in [7, 11) is 0. The summed E-state index contributed by atoms with van der Waals surface area (Å²) in [6, 6.07) is 10.6. The molecule has 1 aromatic heterocycles. The lowest BCUT2D eigenvalue weighted by Crippen LogP contribution is -2.39. The van der Waals surface area contributed by atoms with Gasteiger partial charge in [0.15, 0.2) is 0 Å². The molecule has 2 amide bonds. The molecule has 0 saturated carbocycles. The molecule has 1 N–H and O–H groups in total. The van der Waals surface area contributed by atoms with Gasteiger partial charge < -0.3 is 10.2 Å². The Morgan fingerprint density at radius 3 is 2.70 bits per heavy atom. The van der Waals surface area contributed by atoms with Gasteiger partial charge in [-0.25, -0.2) is 0 Å². The average Bonchev–Trinajstić information content (AvgIpc) is 3.05. The number of nitrogens with one attached hydrogen (secondary N) is 1. The molecule has 4 nitrogen and oxygen atoms in total. The summed E-state index contributed by atoms with van der Waals surface area (Å²) in [4.78, 5) is 27.1. The van der Waals surface area contributed by atoms with E-state index in [1.165, 1.54) is 0 Å². The maximum atomic E-state index is 12.3. The fourth-order valence-electron chi connectivity index (χ4n) is 2.01. The van der Waals surface area contributed by atoms with Crippen LogP contribution in [0.25, 0.3) is 0 Å². The van der Waals surface area contributed by atoms with Crippen molar-refractivity contribution in [1.82, 2.24) is 10.2 Å². The SMILES string of the molecule is C=CCN(Cc1cccs1)C(=O)CNC(=O)c1ccccc1Cl. The third-order valence-electron chi connectivity index (χ3n) is 3.15. The molecule has 6 heteroatoms. The van der Waals surface area contributed by atoms with Crippen molar-refractivity contribution < 1.29 is 9.59 Å². The molecule has 0 radical (unpaired) electrons. The highest BCUT2D eigenvalue weighted by Gasteiger charge is 2.16. The van der Waals surface area contributed by atoms with Gasteiger partial charge in [0.05, 0.1) is 23.7 Å². The van der Waals surface area contributed by atoms with E-state index < -0.39 is 0 Å². The topological polar surface area (TPSA) is 49.4 Å². The Balaban J connectivity index is 1.94. The molecule has 0 spiro atoms. The largest absolute Gasteiger partial charge is 0.343 e. The minimum absolute atomic E-state index is 0.0801. The number of halogens is 1. The maximum absolute atomic E-state index is 12.3. The van der Waals surface area contributed by atoms with Crippen LogP contribution < -0.4 is 5.32 Å². The molecule has 0 fully saturated rings. The van der Waals surface area contributed by atoms with Gasteiger partial charge in [-0.2, -0.15) is 0 Å². The summed E-state index contributed by atoms with van der Waals surface area (Å²) in [6.07, 6.45) is 1.67. The normalized spacial score (nSPS) is 10.1. The average molecular weight is 349 g/mol. The molecule has 1 aromatic carbocycles. The van der Waals surface area contributed by atoms with Gasteiger partial charge in [-0.15, -0.1) is 17.9 Å². The molecule has 0 saturated heterocycles. The molecule has 0 bridgehead atoms. The Bertz CT molecular complexity index is 686. The van der Waals surface area contributed by atoms with Crippen molar-refractivity contribution in [2.45, 2.75) is 6.54 Å². The first-order valence-electron chi connectivity index (χ1n) is 7.05. The minimum atomic E-state index is -0.362. The van der Waals surface area contributed by atoms with Gasteiger partial charge in [0.25, 0.3) is 5.91 Å². The lowest BCUT2D eigenvalue weighted by atomic mass is 10.2. The summed E-state index contributed by atoms with van der Waals surface area (Å²) in [5, 5.41) is 4.94. The van der Waals surface area contributed by atoms with Gasteiger partial charge >= 0.3 is 0 Å². The Morgan fingerprint density at radius 1 is 1.26 bits per heavy atom. The number of hydrogen-bond acceptors (Lipinski definition) is 3. The summed E-state index contributed by atoms with van der Waals surface area (Å²) >= 11 is 7.56. The van der Waals surface area contributed by atoms with Gasteiger partial charge in [-0.05, 0) is 23.6 Å². The van der Waals surface area contributed by atoms with E-state index in [0.29, 0.717) is 23.7 Å². The summed E-state index contributed by atoms with van der Waals surface area (Å²) in [6.45, 7) is 4.52. The van der Waals surface area contributed by atoms with Crippen LogP contribution in [0.5, 0.6) is 0 Å². The summed E-state index contributed by atoms with van der Waals surface area (Å²) in [5.74, 6) is -0.530. The zero-order valence-electron chi connectivity index (χ0n) is 12.5. The molecular formula is C17H17ClN2O2S. The smallest absolute Gasteiger partial charge is 0.253 e. The van der Waals surface area contributed by atoms with Gasteiger partial charge in [0, 0.05) is 11.4 Å². The van der Waals surface area contributed by atoms with Crippen molar-refractivity contribution >= 4 is 34.8 Å². The Labute approximate surface area is 144 Å². The molecule has 0 aliphatic heterocycles. The predicted octanol–water partition coefficient (Wildman–Crippen LogP) is 3.35. The highest BCUT2D eigenvalue weighted by Crippen LogP contribution is 2.15. The van der Waals surface area contributed by atoms with Crippen molar-refractivity contribution in [3.63, 3.8) is 0 Å². The van der Waals surface area contributed by atoms with E-state index >= 15 is 0 Å². The van der Waals surface area contributed by atoms with Crippen molar-refractivity contribution in [3.05, 3.63) is 69.9 Å². The molecular weight excluding hydrogens is 332 g/mol. The van der Waals surface area contributed by atoms with E-state index in [-0.39, 0.29) is 18.4 Å². The van der Waals surface area contributed by atoms with Gasteiger partial charge in [-0.3, -0.25) is 9.59 Å². The van der Waals surface area contributed by atoms with Crippen molar-refractivity contribution in [2.24, 2.45) is 0 Å². The first kappa shape index (κ1) is 17.2. The second kappa shape index (κ2) is 8.50. The first-order chi connectivity index (χ1) is 11.1. The Hall–Kier alpha value is -2.11. The van der Waals surface area contributed by atoms with Crippen LogP contribution in [-0.4, -0.2) is 29.8 Å². The zero-order valence-corrected chi connectivity index (χ0v) is 14.1. The van der Waals surface area contributed by atoms with E-state index in [1.807, 2.05) is 17.5 Å². The van der Waals surface area contributed by atoms with Crippen LogP contribution in [-0.2, 0) is 11.3 Å². The van der Waals surface area contributed by atoms with E-state index in [0.717, 1.165) is 4.88 Å². The number of benzene rings is 1. The van der Waals surface area contributed by atoms with E-state index in [4.69, 9.17) is 11.6 Å². The van der Waals surface area contributed by atoms with Crippen LogP contribution in [0.15, 0.2) is 54.4 Å². The van der Waals surface area contributed by atoms with Crippen LogP contribution in [0, 0.1) is 0 Å². The fraction of sp³-hybridized carbons (Fsp3) is 0.176. The van der Waals surface area contributed by atoms with E-state index in [2.05, 4.69) is 11.9 Å². The molecule has 0 unspecified atom stereocenters. The zero-order chi connectivity index (χ0) is 16.7. The molecule has 1 heterocycles. The van der Waals surface area contributed by atoms with Gasteiger partial charge in [0.1, 0.15) is 0 Å². The summed E-state index contributed by atoms with van der Waals surface area (Å²) < 4.78 is 0. The number of amides is 2. The van der Waals surface area contributed by atoms with E-state index in [1.54, 1.807) is 46.6 Å². The highest BCUT2D eigenvalue weighted by molar-refractivity contribution is 7.09. The van der Waals surface area contributed by atoms with Gasteiger partial charge in [-0.1, -0.05) is 35.9 Å². The fourth-order valence-corrected chi connectivity index (χ4v) is 2.95. The van der Waals surface area contributed by atoms with Crippen LogP contribution in [0.3, 0.4) is 0 Å². The van der Waals surface area contributed by atoms with Crippen LogP contribution in [0.4, 0.5) is 0 Å². The molecule has 2 rings (SSSR count). The van der Waals surface area contributed by atoms with E-state index in [9.17, 15) is 9.59 Å². The van der Waals surface area contributed by atoms with Crippen molar-refractivity contribution in [2.75, 3.05) is 13.1 Å². The highest BCUT2D eigenvalue weighted by atomic mass is 35.5. The second-order valence-electron chi connectivity index (χ2n) is 4.80. The van der Waals surface area contributed by atoms with Crippen molar-refractivity contribution in [3.8, 4) is 0 Å². The molecule has 23 heavy (non-hydrogen) atoms. The third-order valence-corrected chi connectivity index (χ3v) is 4.34. The molecule has 0 aliphatic carbocycles.